The Morgan fingerprint density at radius 2 is 2.28 bits per heavy atom. The second-order valence-corrected chi connectivity index (χ2v) is 3.84. The van der Waals surface area contributed by atoms with Gasteiger partial charge in [0.1, 0.15) is 0 Å². The van der Waals surface area contributed by atoms with E-state index in [1.807, 2.05) is 13.0 Å². The zero-order valence-corrected chi connectivity index (χ0v) is 9.79. The Bertz CT molecular complexity index is 539. The first-order valence-electron chi connectivity index (χ1n) is 5.40. The van der Waals surface area contributed by atoms with Gasteiger partial charge in [0.25, 0.3) is 5.69 Å². The molecule has 7 nitrogen and oxygen atoms in total. The molecule has 1 aromatic carbocycles. The Hall–Kier alpha value is -2.44. The fourth-order valence-electron chi connectivity index (χ4n) is 1.59. The Morgan fingerprint density at radius 1 is 1.44 bits per heavy atom. The molecular formula is C11H12N4O3. The third kappa shape index (κ3) is 3.03. The molecule has 7 heteroatoms. The van der Waals surface area contributed by atoms with E-state index in [0.29, 0.717) is 24.5 Å². The van der Waals surface area contributed by atoms with Crippen LogP contribution in [0.15, 0.2) is 29.1 Å². The van der Waals surface area contributed by atoms with E-state index >= 15 is 0 Å². The van der Waals surface area contributed by atoms with Crippen molar-refractivity contribution in [3.05, 3.63) is 46.1 Å². The predicted molar refractivity (Wildman–Crippen MR) is 64.3 cm³/mol. The van der Waals surface area contributed by atoms with Gasteiger partial charge in [-0.2, -0.15) is 4.98 Å². The predicted octanol–water partition coefficient (Wildman–Crippen LogP) is 1.94. The van der Waals surface area contributed by atoms with Gasteiger partial charge >= 0.3 is 0 Å². The summed E-state index contributed by atoms with van der Waals surface area (Å²) >= 11 is 0. The number of hydrogen-bond donors (Lipinski definition) is 1. The van der Waals surface area contributed by atoms with Crippen LogP contribution >= 0.6 is 0 Å². The van der Waals surface area contributed by atoms with Crippen molar-refractivity contribution >= 4 is 11.4 Å². The van der Waals surface area contributed by atoms with E-state index in [4.69, 9.17) is 0 Å². The molecule has 0 spiro atoms. The average Bonchev–Trinajstić information content (AvgIpc) is 2.81. The largest absolute Gasteiger partial charge is 0.384 e. The van der Waals surface area contributed by atoms with Crippen molar-refractivity contribution in [2.24, 2.45) is 0 Å². The van der Waals surface area contributed by atoms with Crippen LogP contribution in [0, 0.1) is 17.0 Å². The third-order valence-corrected chi connectivity index (χ3v) is 2.36. The van der Waals surface area contributed by atoms with Crippen molar-refractivity contribution in [1.82, 2.24) is 10.1 Å². The Labute approximate surface area is 103 Å². The highest BCUT2D eigenvalue weighted by Crippen LogP contribution is 2.20. The zero-order chi connectivity index (χ0) is 13.0. The zero-order valence-electron chi connectivity index (χ0n) is 9.79. The lowest BCUT2D eigenvalue weighted by Crippen LogP contribution is -2.06. The minimum atomic E-state index is -0.405. The number of anilines is 1. The molecule has 0 bridgehead atoms. The lowest BCUT2D eigenvalue weighted by molar-refractivity contribution is -0.384. The molecule has 2 aromatic rings. The molecule has 0 aliphatic rings. The van der Waals surface area contributed by atoms with E-state index in [2.05, 4.69) is 20.0 Å². The van der Waals surface area contributed by atoms with Gasteiger partial charge in [-0.25, -0.2) is 0 Å². The van der Waals surface area contributed by atoms with E-state index in [9.17, 15) is 10.1 Å². The summed E-state index contributed by atoms with van der Waals surface area (Å²) in [5.41, 5.74) is 1.63. The first kappa shape index (κ1) is 12.0. The van der Waals surface area contributed by atoms with Crippen LogP contribution < -0.4 is 5.32 Å². The van der Waals surface area contributed by atoms with Crippen LogP contribution in [-0.4, -0.2) is 21.6 Å². The van der Waals surface area contributed by atoms with Gasteiger partial charge in [0, 0.05) is 30.8 Å². The van der Waals surface area contributed by atoms with Gasteiger partial charge in [-0.15, -0.1) is 0 Å². The van der Waals surface area contributed by atoms with Gasteiger partial charge in [0.15, 0.2) is 5.82 Å². The van der Waals surface area contributed by atoms with Crippen molar-refractivity contribution in [3.63, 3.8) is 0 Å². The number of nitrogens with zero attached hydrogens (tertiary/aromatic N) is 3. The minimum Gasteiger partial charge on any atom is -0.384 e. The molecule has 0 aliphatic heterocycles. The van der Waals surface area contributed by atoms with Crippen molar-refractivity contribution in [2.45, 2.75) is 13.3 Å². The van der Waals surface area contributed by atoms with Crippen LogP contribution in [-0.2, 0) is 6.42 Å². The maximum absolute atomic E-state index is 10.7. The Kier molecular flexibility index (Phi) is 3.52. The number of benzene rings is 1. The molecule has 0 aliphatic carbocycles. The number of nitro groups is 1. The van der Waals surface area contributed by atoms with Gasteiger partial charge in [-0.3, -0.25) is 10.1 Å². The Morgan fingerprint density at radius 3 is 2.94 bits per heavy atom. The van der Waals surface area contributed by atoms with Crippen molar-refractivity contribution in [1.29, 1.82) is 0 Å². The quantitative estimate of drug-likeness (QED) is 0.641. The molecule has 1 aromatic heterocycles. The second-order valence-electron chi connectivity index (χ2n) is 3.84. The van der Waals surface area contributed by atoms with Gasteiger partial charge in [-0.05, 0) is 18.6 Å². The fourth-order valence-corrected chi connectivity index (χ4v) is 1.59. The van der Waals surface area contributed by atoms with Crippen molar-refractivity contribution in [2.75, 3.05) is 11.9 Å². The molecular weight excluding hydrogens is 236 g/mol. The summed E-state index contributed by atoms with van der Waals surface area (Å²) in [6, 6.07) is 4.89. The number of non-ortho nitro benzene ring substituents is 1. The molecule has 0 atom stereocenters. The monoisotopic (exact) mass is 248 g/mol. The smallest absolute Gasteiger partial charge is 0.271 e. The summed E-state index contributed by atoms with van der Waals surface area (Å²) in [7, 11) is 0. The number of rotatable bonds is 5. The normalized spacial score (nSPS) is 10.3. The van der Waals surface area contributed by atoms with Gasteiger partial charge < -0.3 is 9.84 Å². The number of aryl methyl sites for hydroxylation is 1. The summed E-state index contributed by atoms with van der Waals surface area (Å²) in [6.07, 6.45) is 1.87. The van der Waals surface area contributed by atoms with E-state index in [0.717, 1.165) is 5.56 Å². The molecule has 18 heavy (non-hydrogen) atoms. The minimum absolute atomic E-state index is 0.0806. The van der Waals surface area contributed by atoms with Gasteiger partial charge in [-0.1, -0.05) is 5.16 Å². The van der Waals surface area contributed by atoms with E-state index in [1.54, 1.807) is 0 Å². The van der Waals surface area contributed by atoms with Crippen LogP contribution in [0.3, 0.4) is 0 Å². The van der Waals surface area contributed by atoms with E-state index in [1.165, 1.54) is 18.5 Å². The summed E-state index contributed by atoms with van der Waals surface area (Å²) < 4.78 is 4.61. The third-order valence-electron chi connectivity index (χ3n) is 2.36. The first-order valence-corrected chi connectivity index (χ1v) is 5.40. The topological polar surface area (TPSA) is 94.1 Å². The SMILES string of the molecule is Cc1cc(NCCc2ncon2)cc([N+](=O)[O-])c1. The second kappa shape index (κ2) is 5.26. The fraction of sp³-hybridized carbons (Fsp3) is 0.273. The molecule has 1 heterocycles. The van der Waals surface area contributed by atoms with Crippen LogP contribution in [0.25, 0.3) is 0 Å². The average molecular weight is 248 g/mol. The summed E-state index contributed by atoms with van der Waals surface area (Å²) in [5.74, 6) is 0.602. The van der Waals surface area contributed by atoms with Gasteiger partial charge in [0.2, 0.25) is 6.39 Å². The molecule has 1 N–H and O–H groups in total. The molecule has 0 radical (unpaired) electrons. The summed E-state index contributed by atoms with van der Waals surface area (Å²) in [6.45, 7) is 2.40. The number of nitrogens with one attached hydrogen (secondary N) is 1. The highest BCUT2D eigenvalue weighted by molar-refractivity contribution is 5.53. The first-order chi connectivity index (χ1) is 8.65. The van der Waals surface area contributed by atoms with Crippen LogP contribution in [0.4, 0.5) is 11.4 Å². The molecule has 0 unspecified atom stereocenters. The molecule has 2 rings (SSSR count). The van der Waals surface area contributed by atoms with Gasteiger partial charge in [0.05, 0.1) is 4.92 Å². The maximum Gasteiger partial charge on any atom is 0.271 e. The number of hydrogen-bond acceptors (Lipinski definition) is 6. The highest BCUT2D eigenvalue weighted by Gasteiger charge is 2.07. The van der Waals surface area contributed by atoms with Crippen LogP contribution in [0.2, 0.25) is 0 Å². The molecule has 0 fully saturated rings. The summed E-state index contributed by atoms with van der Waals surface area (Å²) in [5, 5.41) is 17.5. The lowest BCUT2D eigenvalue weighted by atomic mass is 10.2. The molecule has 0 saturated carbocycles. The Balaban J connectivity index is 1.98. The standard InChI is InChI=1S/C11H12N4O3/c1-8-4-9(6-10(5-8)15(16)17)12-3-2-11-13-7-18-14-11/h4-7,12H,2-3H2,1H3. The lowest BCUT2D eigenvalue weighted by Gasteiger charge is -2.05. The summed E-state index contributed by atoms with van der Waals surface area (Å²) in [4.78, 5) is 14.2. The van der Waals surface area contributed by atoms with E-state index in [-0.39, 0.29) is 5.69 Å². The van der Waals surface area contributed by atoms with Crippen molar-refractivity contribution < 1.29 is 9.45 Å². The molecule has 0 saturated heterocycles. The molecule has 0 amide bonds. The van der Waals surface area contributed by atoms with Crippen molar-refractivity contribution in [3.8, 4) is 0 Å². The molecule has 94 valence electrons. The number of aromatic nitrogens is 2. The van der Waals surface area contributed by atoms with Crippen LogP contribution in [0.1, 0.15) is 11.4 Å². The maximum atomic E-state index is 10.7. The highest BCUT2D eigenvalue weighted by atomic mass is 16.6. The van der Waals surface area contributed by atoms with Crippen LogP contribution in [0.5, 0.6) is 0 Å². The van der Waals surface area contributed by atoms with E-state index < -0.39 is 4.92 Å². The number of nitro benzene ring substituents is 1.